The first-order chi connectivity index (χ1) is 11.7. The van der Waals surface area contributed by atoms with Gasteiger partial charge in [-0.1, -0.05) is 26.0 Å². The minimum Gasteiger partial charge on any atom is -0.356 e. The van der Waals surface area contributed by atoms with Gasteiger partial charge in [0, 0.05) is 25.0 Å². The molecule has 0 radical (unpaired) electrons. The summed E-state index contributed by atoms with van der Waals surface area (Å²) in [5, 5.41) is 2.98. The quantitative estimate of drug-likeness (QED) is 0.855. The van der Waals surface area contributed by atoms with Crippen molar-refractivity contribution in [3.63, 3.8) is 0 Å². The maximum atomic E-state index is 12.7. The lowest BCUT2D eigenvalue weighted by atomic mass is 9.94. The number of hydrogen-bond acceptors (Lipinski definition) is 2. The van der Waals surface area contributed by atoms with Crippen molar-refractivity contribution in [3.8, 4) is 0 Å². The second-order valence-electron chi connectivity index (χ2n) is 7.20. The molecule has 1 aliphatic heterocycles. The summed E-state index contributed by atoms with van der Waals surface area (Å²) < 4.78 is 38.1. The maximum Gasteiger partial charge on any atom is 0.416 e. The normalized spacial score (nSPS) is 20.5. The molecule has 1 aromatic carbocycles. The van der Waals surface area contributed by atoms with E-state index in [1.54, 1.807) is 12.1 Å². The van der Waals surface area contributed by atoms with Crippen LogP contribution in [0.3, 0.4) is 0 Å². The van der Waals surface area contributed by atoms with Gasteiger partial charge in [0.1, 0.15) is 0 Å². The zero-order chi connectivity index (χ0) is 18.6. The molecule has 6 heteroatoms. The number of carbonyl (C=O) groups is 1. The molecule has 0 saturated carbocycles. The average Bonchev–Trinajstić information content (AvgIpc) is 2.58. The van der Waals surface area contributed by atoms with Crippen molar-refractivity contribution in [2.75, 3.05) is 19.6 Å². The van der Waals surface area contributed by atoms with E-state index in [0.29, 0.717) is 12.5 Å². The molecule has 3 nitrogen and oxygen atoms in total. The summed E-state index contributed by atoms with van der Waals surface area (Å²) in [5.74, 6) is 0.423. The van der Waals surface area contributed by atoms with Crippen LogP contribution in [0.2, 0.25) is 0 Å². The topological polar surface area (TPSA) is 32.3 Å². The monoisotopic (exact) mass is 356 g/mol. The molecule has 0 aliphatic carbocycles. The van der Waals surface area contributed by atoms with Crippen LogP contribution < -0.4 is 5.32 Å². The molecule has 1 N–H and O–H groups in total. The molecule has 1 fully saturated rings. The lowest BCUT2D eigenvalue weighted by Gasteiger charge is -2.37. The summed E-state index contributed by atoms with van der Waals surface area (Å²) in [4.78, 5) is 14.0. The number of rotatable bonds is 5. The number of carbonyl (C=O) groups excluding carboxylic acids is 1. The van der Waals surface area contributed by atoms with Gasteiger partial charge in [-0.3, -0.25) is 9.69 Å². The first-order valence-corrected chi connectivity index (χ1v) is 8.87. The number of amides is 1. The van der Waals surface area contributed by atoms with Crippen LogP contribution in [0, 0.1) is 11.8 Å². The standard InChI is InChI=1S/C19H27F3N2O/c1-13(2)18(25)23-11-15-5-4-10-24(12-15)14(3)16-6-8-17(9-7-16)19(20,21)22/h6-9,13-15H,4-5,10-12H2,1-3H3,(H,23,25). The van der Waals surface area contributed by atoms with Crippen molar-refractivity contribution in [2.45, 2.75) is 45.8 Å². The van der Waals surface area contributed by atoms with Gasteiger partial charge in [-0.05, 0) is 49.9 Å². The molecule has 1 saturated heterocycles. The third-order valence-electron chi connectivity index (χ3n) is 4.91. The molecule has 0 aromatic heterocycles. The lowest BCUT2D eigenvalue weighted by Crippen LogP contribution is -2.42. The van der Waals surface area contributed by atoms with Crippen LogP contribution >= 0.6 is 0 Å². The molecule has 2 rings (SSSR count). The number of hydrogen-bond donors (Lipinski definition) is 1. The lowest BCUT2D eigenvalue weighted by molar-refractivity contribution is -0.137. The fourth-order valence-electron chi connectivity index (χ4n) is 3.23. The van der Waals surface area contributed by atoms with Gasteiger partial charge in [0.25, 0.3) is 0 Å². The minimum absolute atomic E-state index is 0.0224. The molecular formula is C19H27F3N2O. The van der Waals surface area contributed by atoms with E-state index < -0.39 is 11.7 Å². The highest BCUT2D eigenvalue weighted by atomic mass is 19.4. The summed E-state index contributed by atoms with van der Waals surface area (Å²) in [5.41, 5.74) is 0.274. The van der Waals surface area contributed by atoms with E-state index in [4.69, 9.17) is 0 Å². The number of likely N-dealkylation sites (tertiary alicyclic amines) is 1. The van der Waals surface area contributed by atoms with E-state index in [1.165, 1.54) is 0 Å². The summed E-state index contributed by atoms with van der Waals surface area (Å²) in [6, 6.07) is 5.49. The summed E-state index contributed by atoms with van der Waals surface area (Å²) >= 11 is 0. The number of halogens is 3. The highest BCUT2D eigenvalue weighted by Gasteiger charge is 2.31. The molecule has 0 bridgehead atoms. The van der Waals surface area contributed by atoms with Crippen LogP contribution in [0.5, 0.6) is 0 Å². The van der Waals surface area contributed by atoms with Gasteiger partial charge in [0.05, 0.1) is 5.56 Å². The molecule has 0 spiro atoms. The van der Waals surface area contributed by atoms with E-state index in [1.807, 2.05) is 20.8 Å². The summed E-state index contributed by atoms with van der Waals surface area (Å²) in [6.45, 7) is 8.20. The van der Waals surface area contributed by atoms with Crippen LogP contribution in [0.15, 0.2) is 24.3 Å². The highest BCUT2D eigenvalue weighted by molar-refractivity contribution is 5.77. The molecule has 1 amide bonds. The Balaban J connectivity index is 1.94. The van der Waals surface area contributed by atoms with Gasteiger partial charge in [-0.2, -0.15) is 13.2 Å². The third-order valence-corrected chi connectivity index (χ3v) is 4.91. The van der Waals surface area contributed by atoms with Crippen LogP contribution in [0.1, 0.15) is 50.8 Å². The smallest absolute Gasteiger partial charge is 0.356 e. The Labute approximate surface area is 147 Å². The zero-order valence-corrected chi connectivity index (χ0v) is 15.1. The first-order valence-electron chi connectivity index (χ1n) is 8.87. The Kier molecular flexibility index (Phi) is 6.49. The Morgan fingerprint density at radius 1 is 1.24 bits per heavy atom. The van der Waals surface area contributed by atoms with Crippen LogP contribution in [0.25, 0.3) is 0 Å². The van der Waals surface area contributed by atoms with Gasteiger partial charge in [0.2, 0.25) is 5.91 Å². The third kappa shape index (κ3) is 5.46. The molecule has 1 aromatic rings. The Bertz CT molecular complexity index is 569. The zero-order valence-electron chi connectivity index (χ0n) is 15.1. The van der Waals surface area contributed by atoms with Crippen molar-refractivity contribution in [3.05, 3.63) is 35.4 Å². The van der Waals surface area contributed by atoms with E-state index in [0.717, 1.165) is 43.6 Å². The van der Waals surface area contributed by atoms with Crippen LogP contribution in [-0.4, -0.2) is 30.4 Å². The molecule has 2 atom stereocenters. The van der Waals surface area contributed by atoms with Crippen molar-refractivity contribution in [2.24, 2.45) is 11.8 Å². The molecule has 1 aliphatic rings. The predicted molar refractivity (Wildman–Crippen MR) is 92.0 cm³/mol. The molecule has 2 unspecified atom stereocenters. The number of piperidine rings is 1. The van der Waals surface area contributed by atoms with Gasteiger partial charge in [-0.15, -0.1) is 0 Å². The van der Waals surface area contributed by atoms with Gasteiger partial charge in [0.15, 0.2) is 0 Å². The van der Waals surface area contributed by atoms with E-state index in [2.05, 4.69) is 10.2 Å². The fourth-order valence-corrected chi connectivity index (χ4v) is 3.23. The van der Waals surface area contributed by atoms with Crippen molar-refractivity contribution in [1.29, 1.82) is 0 Å². The molecular weight excluding hydrogens is 329 g/mol. The van der Waals surface area contributed by atoms with E-state index in [9.17, 15) is 18.0 Å². The van der Waals surface area contributed by atoms with E-state index in [-0.39, 0.29) is 17.9 Å². The fraction of sp³-hybridized carbons (Fsp3) is 0.632. The van der Waals surface area contributed by atoms with Gasteiger partial charge < -0.3 is 5.32 Å². The maximum absolute atomic E-state index is 12.7. The van der Waals surface area contributed by atoms with Gasteiger partial charge in [-0.25, -0.2) is 0 Å². The second-order valence-corrected chi connectivity index (χ2v) is 7.20. The summed E-state index contributed by atoms with van der Waals surface area (Å²) in [7, 11) is 0. The molecule has 140 valence electrons. The predicted octanol–water partition coefficient (Wildman–Crippen LogP) is 4.25. The SMILES string of the molecule is CC(C)C(=O)NCC1CCCN(C(C)c2ccc(C(F)(F)F)cc2)C1. The first kappa shape index (κ1) is 19.8. The van der Waals surface area contributed by atoms with Crippen LogP contribution in [0.4, 0.5) is 13.2 Å². The largest absolute Gasteiger partial charge is 0.416 e. The number of nitrogens with zero attached hydrogens (tertiary/aromatic N) is 1. The van der Waals surface area contributed by atoms with Gasteiger partial charge >= 0.3 is 6.18 Å². The number of nitrogens with one attached hydrogen (secondary N) is 1. The van der Waals surface area contributed by atoms with E-state index >= 15 is 0 Å². The number of benzene rings is 1. The highest BCUT2D eigenvalue weighted by Crippen LogP contribution is 2.31. The summed E-state index contributed by atoms with van der Waals surface area (Å²) in [6.07, 6.45) is -2.20. The Morgan fingerprint density at radius 2 is 1.88 bits per heavy atom. The average molecular weight is 356 g/mol. The Morgan fingerprint density at radius 3 is 2.44 bits per heavy atom. The number of alkyl halides is 3. The van der Waals surface area contributed by atoms with Crippen LogP contribution in [-0.2, 0) is 11.0 Å². The molecule has 1 heterocycles. The molecule has 25 heavy (non-hydrogen) atoms. The van der Waals surface area contributed by atoms with Crippen molar-refractivity contribution >= 4 is 5.91 Å². The minimum atomic E-state index is -4.30. The van der Waals surface area contributed by atoms with Crippen molar-refractivity contribution in [1.82, 2.24) is 10.2 Å². The van der Waals surface area contributed by atoms with Crippen molar-refractivity contribution < 1.29 is 18.0 Å². The Hall–Kier alpha value is -1.56. The second kappa shape index (κ2) is 8.21.